The highest BCUT2D eigenvalue weighted by Crippen LogP contribution is 2.30. The highest BCUT2D eigenvalue weighted by atomic mass is 32.2. The fourth-order valence-electron chi connectivity index (χ4n) is 3.33. The minimum atomic E-state index is -4.01. The van der Waals surface area contributed by atoms with E-state index in [2.05, 4.69) is 14.7 Å². The minimum Gasteiger partial charge on any atom is -0.478 e. The topological polar surface area (TPSA) is 147 Å². The van der Waals surface area contributed by atoms with Crippen LogP contribution in [-0.4, -0.2) is 41.3 Å². The molecule has 1 aliphatic heterocycles. The van der Waals surface area contributed by atoms with Crippen molar-refractivity contribution in [2.75, 3.05) is 9.62 Å². The monoisotopic (exact) mass is 452 g/mol. The number of benzene rings is 2. The van der Waals surface area contributed by atoms with Gasteiger partial charge in [-0.25, -0.2) is 32.8 Å². The van der Waals surface area contributed by atoms with E-state index in [1.807, 2.05) is 0 Å². The number of anilines is 2. The molecule has 0 saturated carbocycles. The smallest absolute Gasteiger partial charge is 0.335 e. The SMILES string of the molecule is Cc1cc(C)nc(NS(=O)(=O)c2ccc(N3C(=O)c4ccc(C(=O)O)cc4C3=O)cc2)n1. The van der Waals surface area contributed by atoms with Crippen molar-refractivity contribution in [3.8, 4) is 0 Å². The van der Waals surface area contributed by atoms with Crippen molar-refractivity contribution < 1.29 is 27.9 Å². The Kier molecular flexibility index (Phi) is 4.97. The van der Waals surface area contributed by atoms with Crippen LogP contribution >= 0.6 is 0 Å². The number of rotatable bonds is 5. The Balaban J connectivity index is 1.61. The predicted octanol–water partition coefficient (Wildman–Crippen LogP) is 2.39. The molecular weight excluding hydrogens is 436 g/mol. The van der Waals surface area contributed by atoms with Crippen LogP contribution in [0.3, 0.4) is 0 Å². The number of carbonyl (C=O) groups is 3. The number of aryl methyl sites for hydroxylation is 2. The number of aromatic carboxylic acids is 1. The second-order valence-electron chi connectivity index (χ2n) is 7.08. The van der Waals surface area contributed by atoms with E-state index < -0.39 is 27.8 Å². The molecule has 2 N–H and O–H groups in total. The van der Waals surface area contributed by atoms with Crippen LogP contribution in [0.25, 0.3) is 0 Å². The molecule has 0 saturated heterocycles. The predicted molar refractivity (Wildman–Crippen MR) is 113 cm³/mol. The van der Waals surface area contributed by atoms with Crippen LogP contribution in [0.4, 0.5) is 11.6 Å². The number of carboxylic acids is 1. The molecule has 3 aromatic rings. The van der Waals surface area contributed by atoms with Gasteiger partial charge in [0, 0.05) is 11.4 Å². The normalized spacial score (nSPS) is 13.2. The maximum Gasteiger partial charge on any atom is 0.335 e. The van der Waals surface area contributed by atoms with Crippen molar-refractivity contribution in [2.45, 2.75) is 18.7 Å². The van der Waals surface area contributed by atoms with Crippen LogP contribution < -0.4 is 9.62 Å². The number of nitrogens with zero attached hydrogens (tertiary/aromatic N) is 3. The number of imide groups is 1. The van der Waals surface area contributed by atoms with Gasteiger partial charge >= 0.3 is 5.97 Å². The number of aromatic nitrogens is 2. The lowest BCUT2D eigenvalue weighted by Crippen LogP contribution is -2.29. The summed E-state index contributed by atoms with van der Waals surface area (Å²) in [5.74, 6) is -2.60. The summed E-state index contributed by atoms with van der Waals surface area (Å²) in [5.41, 5.74) is 1.28. The first-order chi connectivity index (χ1) is 15.1. The quantitative estimate of drug-likeness (QED) is 0.561. The molecule has 0 bridgehead atoms. The van der Waals surface area contributed by atoms with Crippen molar-refractivity contribution in [1.29, 1.82) is 0 Å². The van der Waals surface area contributed by atoms with Gasteiger partial charge in [-0.15, -0.1) is 0 Å². The number of hydrogen-bond donors (Lipinski definition) is 2. The number of carbonyl (C=O) groups excluding carboxylic acids is 2. The lowest BCUT2D eigenvalue weighted by Gasteiger charge is -2.14. The van der Waals surface area contributed by atoms with E-state index in [1.54, 1.807) is 19.9 Å². The van der Waals surface area contributed by atoms with Gasteiger partial charge in [-0.3, -0.25) is 9.59 Å². The first-order valence-corrected chi connectivity index (χ1v) is 10.8. The van der Waals surface area contributed by atoms with Gasteiger partial charge in [-0.1, -0.05) is 0 Å². The average molecular weight is 452 g/mol. The first kappa shape index (κ1) is 21.1. The van der Waals surface area contributed by atoms with E-state index >= 15 is 0 Å². The number of hydrogen-bond acceptors (Lipinski definition) is 7. The van der Waals surface area contributed by atoms with E-state index in [4.69, 9.17) is 5.11 Å². The van der Waals surface area contributed by atoms with Gasteiger partial charge < -0.3 is 5.11 Å². The zero-order chi connectivity index (χ0) is 23.2. The Bertz CT molecular complexity index is 1380. The molecule has 32 heavy (non-hydrogen) atoms. The zero-order valence-electron chi connectivity index (χ0n) is 16.9. The second-order valence-corrected chi connectivity index (χ2v) is 8.77. The molecule has 2 amide bonds. The Labute approximate surface area is 182 Å². The molecular formula is C21H16N4O6S. The summed E-state index contributed by atoms with van der Waals surface area (Å²) in [5, 5.41) is 9.11. The van der Waals surface area contributed by atoms with E-state index in [-0.39, 0.29) is 33.2 Å². The summed E-state index contributed by atoms with van der Waals surface area (Å²) in [7, 11) is -4.01. The zero-order valence-corrected chi connectivity index (χ0v) is 17.7. The Morgan fingerprint density at radius 3 is 2.09 bits per heavy atom. The lowest BCUT2D eigenvalue weighted by atomic mass is 10.1. The Hall–Kier alpha value is -4.12. The molecule has 2 aromatic carbocycles. The summed E-state index contributed by atoms with van der Waals surface area (Å²) >= 11 is 0. The van der Waals surface area contributed by atoms with Crippen LogP contribution in [0.2, 0.25) is 0 Å². The van der Waals surface area contributed by atoms with Gasteiger partial charge in [-0.05, 0) is 62.4 Å². The van der Waals surface area contributed by atoms with Crippen molar-refractivity contribution in [3.63, 3.8) is 0 Å². The van der Waals surface area contributed by atoms with Crippen LogP contribution in [0.1, 0.15) is 42.5 Å². The van der Waals surface area contributed by atoms with Crippen LogP contribution in [0.5, 0.6) is 0 Å². The van der Waals surface area contributed by atoms with Crippen LogP contribution in [0, 0.1) is 13.8 Å². The van der Waals surface area contributed by atoms with Crippen molar-refractivity contribution in [1.82, 2.24) is 9.97 Å². The highest BCUT2D eigenvalue weighted by Gasteiger charge is 2.37. The number of sulfonamides is 1. The highest BCUT2D eigenvalue weighted by molar-refractivity contribution is 7.92. The fourth-order valence-corrected chi connectivity index (χ4v) is 4.28. The van der Waals surface area contributed by atoms with Gasteiger partial charge in [0.1, 0.15) is 0 Å². The third kappa shape index (κ3) is 3.69. The molecule has 0 radical (unpaired) electrons. The van der Waals surface area contributed by atoms with Gasteiger partial charge in [0.25, 0.3) is 21.8 Å². The standard InChI is InChI=1S/C21H16N4O6S/c1-11-9-12(2)23-21(22-11)24-32(30,31)15-6-4-14(5-7-15)25-18(26)16-8-3-13(20(28)29)10-17(16)19(25)27/h3-10H,1-2H3,(H,28,29)(H,22,23,24). The van der Waals surface area contributed by atoms with Crippen molar-refractivity contribution in [3.05, 3.63) is 76.6 Å². The molecule has 0 atom stereocenters. The molecule has 0 fully saturated rings. The van der Waals surface area contributed by atoms with Crippen LogP contribution in [0.15, 0.2) is 53.4 Å². The fraction of sp³-hybridized carbons (Fsp3) is 0.0952. The van der Waals surface area contributed by atoms with Crippen molar-refractivity contribution in [2.24, 2.45) is 0 Å². The lowest BCUT2D eigenvalue weighted by molar-refractivity contribution is 0.0696. The summed E-state index contributed by atoms with van der Waals surface area (Å²) in [4.78, 5) is 45.4. The van der Waals surface area contributed by atoms with Gasteiger partial charge in [-0.2, -0.15) is 0 Å². The summed E-state index contributed by atoms with van der Waals surface area (Å²) in [6.07, 6.45) is 0. The molecule has 0 spiro atoms. The summed E-state index contributed by atoms with van der Waals surface area (Å²) in [6.45, 7) is 3.42. The molecule has 4 rings (SSSR count). The maximum absolute atomic E-state index is 12.7. The largest absolute Gasteiger partial charge is 0.478 e. The first-order valence-electron chi connectivity index (χ1n) is 9.28. The average Bonchev–Trinajstić information content (AvgIpc) is 2.97. The molecule has 11 heteroatoms. The number of amides is 2. The van der Waals surface area contributed by atoms with Crippen molar-refractivity contribution >= 4 is 39.4 Å². The summed E-state index contributed by atoms with van der Waals surface area (Å²) in [6, 6.07) is 10.5. The molecule has 2 heterocycles. The van der Waals surface area contributed by atoms with Gasteiger partial charge in [0.05, 0.1) is 27.3 Å². The molecule has 0 unspecified atom stereocenters. The van der Waals surface area contributed by atoms with Gasteiger partial charge in [0.15, 0.2) is 0 Å². The second kappa shape index (κ2) is 7.54. The summed E-state index contributed by atoms with van der Waals surface area (Å²) < 4.78 is 27.6. The number of nitrogens with one attached hydrogen (secondary N) is 1. The van der Waals surface area contributed by atoms with E-state index in [0.717, 1.165) is 11.0 Å². The molecule has 0 aliphatic carbocycles. The van der Waals surface area contributed by atoms with E-state index in [9.17, 15) is 22.8 Å². The number of carboxylic acid groups (broad SMARTS) is 1. The minimum absolute atomic E-state index is 0.0276. The third-order valence-electron chi connectivity index (χ3n) is 4.75. The molecule has 10 nitrogen and oxygen atoms in total. The maximum atomic E-state index is 12.7. The van der Waals surface area contributed by atoms with Gasteiger partial charge in [0.2, 0.25) is 5.95 Å². The Morgan fingerprint density at radius 1 is 0.906 bits per heavy atom. The van der Waals surface area contributed by atoms with Crippen LogP contribution in [-0.2, 0) is 10.0 Å². The van der Waals surface area contributed by atoms with E-state index in [1.165, 1.54) is 36.4 Å². The number of fused-ring (bicyclic) bond motifs is 1. The molecule has 1 aliphatic rings. The third-order valence-corrected chi connectivity index (χ3v) is 6.09. The molecule has 1 aromatic heterocycles. The van der Waals surface area contributed by atoms with E-state index in [0.29, 0.717) is 11.4 Å². The molecule has 162 valence electrons. The Morgan fingerprint density at radius 2 is 1.50 bits per heavy atom.